The van der Waals surface area contributed by atoms with E-state index in [1.807, 2.05) is 19.0 Å². The number of hydrogen-bond acceptors (Lipinski definition) is 4. The monoisotopic (exact) mass is 292 g/mol. The summed E-state index contributed by atoms with van der Waals surface area (Å²) in [6.07, 6.45) is 0.437. The van der Waals surface area contributed by atoms with E-state index in [2.05, 4.69) is 10.6 Å². The van der Waals surface area contributed by atoms with Gasteiger partial charge in [0.15, 0.2) is 0 Å². The number of hydrogen-bond donors (Lipinski definition) is 3. The zero-order valence-electron chi connectivity index (χ0n) is 13.1. The highest BCUT2D eigenvalue weighted by atomic mass is 16.2. The number of nitrogens with zero attached hydrogens (tertiary/aromatic N) is 1. The first kappa shape index (κ1) is 17.1. The molecular weight excluding hydrogens is 268 g/mol. The van der Waals surface area contributed by atoms with Gasteiger partial charge in [-0.05, 0) is 52.2 Å². The molecule has 0 spiro atoms. The lowest BCUT2D eigenvalue weighted by Gasteiger charge is -2.18. The summed E-state index contributed by atoms with van der Waals surface area (Å²) in [4.78, 5) is 25.4. The van der Waals surface area contributed by atoms with Crippen LogP contribution in [0.4, 0.5) is 11.4 Å². The Balaban J connectivity index is 2.54. The standard InChI is InChI=1S/C15H24N4O2/c1-15(2,16)14(21)18-12-7-5-11(6-8-12)17-13(20)9-10-19(3)4/h5-8H,9-10,16H2,1-4H3,(H,17,20)(H,18,21). The van der Waals surface area contributed by atoms with E-state index in [1.54, 1.807) is 38.1 Å². The highest BCUT2D eigenvalue weighted by Gasteiger charge is 2.21. The Morgan fingerprint density at radius 2 is 1.57 bits per heavy atom. The topological polar surface area (TPSA) is 87.5 Å². The minimum atomic E-state index is -0.931. The fourth-order valence-corrected chi connectivity index (χ4v) is 1.48. The molecule has 1 rings (SSSR count). The molecule has 21 heavy (non-hydrogen) atoms. The highest BCUT2D eigenvalue weighted by molar-refractivity contribution is 5.97. The lowest BCUT2D eigenvalue weighted by atomic mass is 10.1. The molecule has 0 aliphatic heterocycles. The third-order valence-electron chi connectivity index (χ3n) is 2.80. The van der Waals surface area contributed by atoms with E-state index in [-0.39, 0.29) is 11.8 Å². The molecule has 0 aromatic heterocycles. The lowest BCUT2D eigenvalue weighted by molar-refractivity contribution is -0.120. The maximum atomic E-state index is 11.7. The van der Waals surface area contributed by atoms with E-state index in [4.69, 9.17) is 5.73 Å². The van der Waals surface area contributed by atoms with Crippen LogP contribution in [0.15, 0.2) is 24.3 Å². The van der Waals surface area contributed by atoms with Crippen LogP contribution in [0, 0.1) is 0 Å². The van der Waals surface area contributed by atoms with E-state index in [9.17, 15) is 9.59 Å². The third kappa shape index (κ3) is 6.37. The molecule has 1 aromatic rings. The van der Waals surface area contributed by atoms with Crippen molar-refractivity contribution in [2.45, 2.75) is 25.8 Å². The molecule has 0 aliphatic carbocycles. The van der Waals surface area contributed by atoms with Gasteiger partial charge in [-0.15, -0.1) is 0 Å². The molecule has 6 nitrogen and oxygen atoms in total. The predicted octanol–water partition coefficient (Wildman–Crippen LogP) is 1.25. The van der Waals surface area contributed by atoms with E-state index < -0.39 is 5.54 Å². The van der Waals surface area contributed by atoms with E-state index in [0.29, 0.717) is 24.3 Å². The van der Waals surface area contributed by atoms with Crippen LogP contribution in [0.2, 0.25) is 0 Å². The Morgan fingerprint density at radius 1 is 1.10 bits per heavy atom. The van der Waals surface area contributed by atoms with Gasteiger partial charge in [0.1, 0.15) is 0 Å². The summed E-state index contributed by atoms with van der Waals surface area (Å²) < 4.78 is 0. The van der Waals surface area contributed by atoms with E-state index in [1.165, 1.54) is 0 Å². The first-order valence-electron chi connectivity index (χ1n) is 6.83. The van der Waals surface area contributed by atoms with E-state index in [0.717, 1.165) is 0 Å². The van der Waals surface area contributed by atoms with Gasteiger partial charge in [-0.2, -0.15) is 0 Å². The van der Waals surface area contributed by atoms with Crippen LogP contribution in [0.3, 0.4) is 0 Å². The van der Waals surface area contributed by atoms with Crippen LogP contribution < -0.4 is 16.4 Å². The Hall–Kier alpha value is -1.92. The third-order valence-corrected chi connectivity index (χ3v) is 2.80. The van der Waals surface area contributed by atoms with Crippen LogP contribution in [0.1, 0.15) is 20.3 Å². The fourth-order valence-electron chi connectivity index (χ4n) is 1.48. The SMILES string of the molecule is CN(C)CCC(=O)Nc1ccc(NC(=O)C(C)(C)N)cc1. The first-order valence-corrected chi connectivity index (χ1v) is 6.83. The van der Waals surface area contributed by atoms with Gasteiger partial charge in [-0.25, -0.2) is 0 Å². The average molecular weight is 292 g/mol. The number of amides is 2. The van der Waals surface area contributed by atoms with Crippen molar-refractivity contribution in [2.24, 2.45) is 5.73 Å². The summed E-state index contributed by atoms with van der Waals surface area (Å²) in [6, 6.07) is 6.94. The quantitative estimate of drug-likeness (QED) is 0.736. The molecule has 0 bridgehead atoms. The molecule has 116 valence electrons. The molecule has 0 saturated heterocycles. The number of carbonyl (C=O) groups is 2. The van der Waals surface area contributed by atoms with Crippen molar-refractivity contribution in [2.75, 3.05) is 31.3 Å². The number of carbonyl (C=O) groups excluding carboxylic acids is 2. The predicted molar refractivity (Wildman–Crippen MR) is 85.1 cm³/mol. The van der Waals surface area contributed by atoms with E-state index >= 15 is 0 Å². The summed E-state index contributed by atoms with van der Waals surface area (Å²) >= 11 is 0. The van der Waals surface area contributed by atoms with Gasteiger partial charge in [-0.3, -0.25) is 9.59 Å². The molecule has 6 heteroatoms. The number of nitrogens with one attached hydrogen (secondary N) is 2. The summed E-state index contributed by atoms with van der Waals surface area (Å²) in [7, 11) is 3.84. The number of benzene rings is 1. The van der Waals surface area contributed by atoms with Gasteiger partial charge in [0.25, 0.3) is 0 Å². The second kappa shape index (κ2) is 7.19. The maximum Gasteiger partial charge on any atom is 0.243 e. The van der Waals surface area contributed by atoms with Gasteiger partial charge in [0, 0.05) is 24.3 Å². The van der Waals surface area contributed by atoms with Crippen LogP contribution in [-0.4, -0.2) is 42.9 Å². The van der Waals surface area contributed by atoms with Gasteiger partial charge in [0.05, 0.1) is 5.54 Å². The Bertz CT molecular complexity index is 489. The molecule has 0 fully saturated rings. The smallest absolute Gasteiger partial charge is 0.243 e. The highest BCUT2D eigenvalue weighted by Crippen LogP contribution is 2.15. The molecule has 0 radical (unpaired) electrons. The average Bonchev–Trinajstić information content (AvgIpc) is 2.37. The molecule has 4 N–H and O–H groups in total. The molecule has 0 aliphatic rings. The second-order valence-electron chi connectivity index (χ2n) is 5.85. The minimum absolute atomic E-state index is 0.0384. The van der Waals surface area contributed by atoms with Crippen LogP contribution in [0.25, 0.3) is 0 Å². The Morgan fingerprint density at radius 3 is 2.00 bits per heavy atom. The summed E-state index contributed by atoms with van der Waals surface area (Å²) in [6.45, 7) is 3.98. The second-order valence-corrected chi connectivity index (χ2v) is 5.85. The van der Waals surface area contributed by atoms with Gasteiger partial charge < -0.3 is 21.3 Å². The van der Waals surface area contributed by atoms with Gasteiger partial charge >= 0.3 is 0 Å². The molecule has 0 unspecified atom stereocenters. The van der Waals surface area contributed by atoms with Crippen molar-refractivity contribution in [3.8, 4) is 0 Å². The number of rotatable bonds is 6. The summed E-state index contributed by atoms with van der Waals surface area (Å²) in [5, 5.41) is 5.52. The van der Waals surface area contributed by atoms with Crippen molar-refractivity contribution < 1.29 is 9.59 Å². The number of anilines is 2. The molecule has 0 saturated carbocycles. The summed E-state index contributed by atoms with van der Waals surface area (Å²) in [5.74, 6) is -0.297. The fraction of sp³-hybridized carbons (Fsp3) is 0.467. The molecular formula is C15H24N4O2. The molecule has 1 aromatic carbocycles. The number of nitrogens with two attached hydrogens (primary N) is 1. The normalized spacial score (nSPS) is 11.3. The van der Waals surface area contributed by atoms with Crippen molar-refractivity contribution in [3.63, 3.8) is 0 Å². The van der Waals surface area contributed by atoms with Gasteiger partial charge in [0.2, 0.25) is 11.8 Å². The molecule has 0 heterocycles. The zero-order chi connectivity index (χ0) is 16.0. The van der Waals surface area contributed by atoms with Crippen molar-refractivity contribution in [1.29, 1.82) is 0 Å². The van der Waals surface area contributed by atoms with Crippen LogP contribution in [-0.2, 0) is 9.59 Å². The van der Waals surface area contributed by atoms with Crippen LogP contribution >= 0.6 is 0 Å². The first-order chi connectivity index (χ1) is 9.68. The Kier molecular flexibility index (Phi) is 5.87. The largest absolute Gasteiger partial charge is 0.326 e. The Labute approximate surface area is 125 Å². The summed E-state index contributed by atoms with van der Waals surface area (Å²) in [5.41, 5.74) is 6.12. The molecule has 0 atom stereocenters. The maximum absolute atomic E-state index is 11.7. The van der Waals surface area contributed by atoms with Crippen LogP contribution in [0.5, 0.6) is 0 Å². The minimum Gasteiger partial charge on any atom is -0.326 e. The molecule has 2 amide bonds. The van der Waals surface area contributed by atoms with Crippen molar-refractivity contribution >= 4 is 23.2 Å². The zero-order valence-corrected chi connectivity index (χ0v) is 13.1. The van der Waals surface area contributed by atoms with Gasteiger partial charge in [-0.1, -0.05) is 0 Å². The van der Waals surface area contributed by atoms with Crippen molar-refractivity contribution in [3.05, 3.63) is 24.3 Å². The van der Waals surface area contributed by atoms with Crippen molar-refractivity contribution in [1.82, 2.24) is 4.90 Å². The lowest BCUT2D eigenvalue weighted by Crippen LogP contribution is -2.45.